The average molecular weight is 255 g/mol. The summed E-state index contributed by atoms with van der Waals surface area (Å²) in [7, 11) is 0. The van der Waals surface area contributed by atoms with Crippen molar-refractivity contribution in [3.05, 3.63) is 47.5 Å². The van der Waals surface area contributed by atoms with E-state index in [4.69, 9.17) is 10.5 Å². The highest BCUT2D eigenvalue weighted by molar-refractivity contribution is 5.88. The molecule has 0 aliphatic carbocycles. The molecule has 1 heterocycles. The first-order valence-corrected chi connectivity index (χ1v) is 7.09. The molecule has 19 heavy (non-hydrogen) atoms. The molecule has 1 aliphatic rings. The Kier molecular flexibility index (Phi) is 3.54. The van der Waals surface area contributed by atoms with Gasteiger partial charge in [-0.25, -0.2) is 0 Å². The van der Waals surface area contributed by atoms with E-state index in [9.17, 15) is 0 Å². The lowest BCUT2D eigenvalue weighted by atomic mass is 9.85. The van der Waals surface area contributed by atoms with Gasteiger partial charge in [-0.2, -0.15) is 0 Å². The molecule has 1 fully saturated rings. The average Bonchev–Trinajstić information content (AvgIpc) is 2.48. The quantitative estimate of drug-likeness (QED) is 0.890. The second-order valence-corrected chi connectivity index (χ2v) is 5.49. The zero-order chi connectivity index (χ0) is 13.2. The maximum Gasteiger partial charge on any atom is 0.0469 e. The van der Waals surface area contributed by atoms with Crippen LogP contribution in [-0.4, -0.2) is 13.2 Å². The maximum absolute atomic E-state index is 6.53. The Labute approximate surface area is 114 Å². The van der Waals surface area contributed by atoms with Gasteiger partial charge in [-0.3, -0.25) is 0 Å². The molecule has 0 spiro atoms. The van der Waals surface area contributed by atoms with Gasteiger partial charge in [0.15, 0.2) is 0 Å². The van der Waals surface area contributed by atoms with Crippen molar-refractivity contribution in [2.75, 3.05) is 13.2 Å². The topological polar surface area (TPSA) is 35.2 Å². The minimum absolute atomic E-state index is 0.120. The van der Waals surface area contributed by atoms with Crippen LogP contribution in [0, 0.1) is 12.8 Å². The fourth-order valence-corrected chi connectivity index (χ4v) is 3.09. The van der Waals surface area contributed by atoms with Crippen LogP contribution >= 0.6 is 0 Å². The van der Waals surface area contributed by atoms with Gasteiger partial charge < -0.3 is 10.5 Å². The van der Waals surface area contributed by atoms with Crippen LogP contribution in [0.1, 0.15) is 30.0 Å². The number of fused-ring (bicyclic) bond motifs is 1. The summed E-state index contributed by atoms with van der Waals surface area (Å²) >= 11 is 0. The van der Waals surface area contributed by atoms with E-state index in [1.807, 2.05) is 0 Å². The molecule has 2 heteroatoms. The summed E-state index contributed by atoms with van der Waals surface area (Å²) < 4.78 is 5.44. The molecule has 0 aromatic heterocycles. The molecule has 2 aromatic rings. The van der Waals surface area contributed by atoms with E-state index < -0.39 is 0 Å². The highest BCUT2D eigenvalue weighted by Gasteiger charge is 2.23. The molecule has 0 radical (unpaired) electrons. The van der Waals surface area contributed by atoms with Crippen molar-refractivity contribution in [2.24, 2.45) is 11.7 Å². The number of aryl methyl sites for hydroxylation is 1. The first-order valence-electron chi connectivity index (χ1n) is 7.09. The van der Waals surface area contributed by atoms with Crippen molar-refractivity contribution >= 4 is 10.8 Å². The smallest absolute Gasteiger partial charge is 0.0469 e. The SMILES string of the molecule is Cc1ccc(C(N)C2CCOCC2)c2ccccc12. The van der Waals surface area contributed by atoms with E-state index >= 15 is 0 Å². The fraction of sp³-hybridized carbons (Fsp3) is 0.412. The van der Waals surface area contributed by atoms with Gasteiger partial charge in [0, 0.05) is 19.3 Å². The van der Waals surface area contributed by atoms with Crippen molar-refractivity contribution in [2.45, 2.75) is 25.8 Å². The van der Waals surface area contributed by atoms with Crippen molar-refractivity contribution in [1.82, 2.24) is 0 Å². The van der Waals surface area contributed by atoms with Crippen molar-refractivity contribution in [3.63, 3.8) is 0 Å². The first-order chi connectivity index (χ1) is 9.27. The van der Waals surface area contributed by atoms with Crippen LogP contribution in [-0.2, 0) is 4.74 Å². The van der Waals surface area contributed by atoms with Gasteiger partial charge in [0.05, 0.1) is 0 Å². The summed E-state index contributed by atoms with van der Waals surface area (Å²) in [6.45, 7) is 3.86. The summed E-state index contributed by atoms with van der Waals surface area (Å²) in [6, 6.07) is 13.1. The Hall–Kier alpha value is -1.38. The van der Waals surface area contributed by atoms with E-state index in [1.165, 1.54) is 21.9 Å². The third-order valence-corrected chi connectivity index (χ3v) is 4.31. The van der Waals surface area contributed by atoms with Crippen LogP contribution in [0.5, 0.6) is 0 Å². The summed E-state index contributed by atoms with van der Waals surface area (Å²) in [4.78, 5) is 0. The summed E-state index contributed by atoms with van der Waals surface area (Å²) in [5.74, 6) is 0.542. The number of ether oxygens (including phenoxy) is 1. The number of benzene rings is 2. The Balaban J connectivity index is 2.02. The van der Waals surface area contributed by atoms with E-state index in [-0.39, 0.29) is 6.04 Å². The number of rotatable bonds is 2. The standard InChI is InChI=1S/C17H21NO/c1-12-6-7-16(15-5-3-2-4-14(12)15)17(18)13-8-10-19-11-9-13/h2-7,13,17H,8-11,18H2,1H3. The minimum atomic E-state index is 0.120. The molecule has 0 saturated carbocycles. The van der Waals surface area contributed by atoms with E-state index in [0.717, 1.165) is 26.1 Å². The first kappa shape index (κ1) is 12.6. The number of hydrogen-bond acceptors (Lipinski definition) is 2. The third-order valence-electron chi connectivity index (χ3n) is 4.31. The monoisotopic (exact) mass is 255 g/mol. The second-order valence-electron chi connectivity index (χ2n) is 5.49. The zero-order valence-electron chi connectivity index (χ0n) is 11.4. The van der Waals surface area contributed by atoms with Crippen LogP contribution in [0.3, 0.4) is 0 Å². The van der Waals surface area contributed by atoms with Crippen LogP contribution in [0.15, 0.2) is 36.4 Å². The summed E-state index contributed by atoms with van der Waals surface area (Å²) in [6.07, 6.45) is 2.15. The summed E-state index contributed by atoms with van der Waals surface area (Å²) in [5, 5.41) is 2.63. The molecule has 2 N–H and O–H groups in total. The van der Waals surface area contributed by atoms with Crippen LogP contribution in [0.2, 0.25) is 0 Å². The van der Waals surface area contributed by atoms with Gasteiger partial charge in [0.25, 0.3) is 0 Å². The van der Waals surface area contributed by atoms with Crippen LogP contribution < -0.4 is 5.73 Å². The lowest BCUT2D eigenvalue weighted by Gasteiger charge is -2.28. The molecule has 0 bridgehead atoms. The molecule has 1 saturated heterocycles. The normalized spacial score (nSPS) is 18.6. The van der Waals surface area contributed by atoms with E-state index in [2.05, 4.69) is 43.3 Å². The van der Waals surface area contributed by atoms with Crippen LogP contribution in [0.25, 0.3) is 10.8 Å². The molecule has 100 valence electrons. The highest BCUT2D eigenvalue weighted by Crippen LogP contribution is 2.33. The van der Waals surface area contributed by atoms with Gasteiger partial charge in [0.1, 0.15) is 0 Å². The predicted octanol–water partition coefficient (Wildman–Crippen LogP) is 3.57. The Morgan fingerprint density at radius 2 is 1.74 bits per heavy atom. The van der Waals surface area contributed by atoms with Crippen molar-refractivity contribution in [1.29, 1.82) is 0 Å². The zero-order valence-corrected chi connectivity index (χ0v) is 11.4. The van der Waals surface area contributed by atoms with Gasteiger partial charge in [0.2, 0.25) is 0 Å². The predicted molar refractivity (Wildman–Crippen MR) is 79.2 cm³/mol. The highest BCUT2D eigenvalue weighted by atomic mass is 16.5. The molecule has 0 amide bonds. The second kappa shape index (κ2) is 5.32. The van der Waals surface area contributed by atoms with Gasteiger partial charge in [-0.15, -0.1) is 0 Å². The minimum Gasteiger partial charge on any atom is -0.381 e. The molecule has 1 atom stereocenters. The fourth-order valence-electron chi connectivity index (χ4n) is 3.09. The molecular weight excluding hydrogens is 234 g/mol. The largest absolute Gasteiger partial charge is 0.381 e. The number of nitrogens with two attached hydrogens (primary N) is 1. The third kappa shape index (κ3) is 2.38. The Morgan fingerprint density at radius 1 is 1.05 bits per heavy atom. The molecular formula is C17H21NO. The van der Waals surface area contributed by atoms with E-state index in [1.54, 1.807) is 0 Å². The Bertz CT molecular complexity index is 572. The summed E-state index contributed by atoms with van der Waals surface area (Å²) in [5.41, 5.74) is 9.13. The Morgan fingerprint density at radius 3 is 2.47 bits per heavy atom. The molecule has 3 rings (SSSR count). The number of hydrogen-bond donors (Lipinski definition) is 1. The van der Waals surface area contributed by atoms with E-state index in [0.29, 0.717) is 5.92 Å². The van der Waals surface area contributed by atoms with Gasteiger partial charge in [-0.1, -0.05) is 36.4 Å². The molecule has 1 unspecified atom stereocenters. The van der Waals surface area contributed by atoms with Gasteiger partial charge >= 0.3 is 0 Å². The van der Waals surface area contributed by atoms with Gasteiger partial charge in [-0.05, 0) is 47.6 Å². The van der Waals surface area contributed by atoms with Crippen LogP contribution in [0.4, 0.5) is 0 Å². The lowest BCUT2D eigenvalue weighted by molar-refractivity contribution is 0.0585. The molecule has 2 aromatic carbocycles. The van der Waals surface area contributed by atoms with Crippen molar-refractivity contribution in [3.8, 4) is 0 Å². The lowest BCUT2D eigenvalue weighted by Crippen LogP contribution is -2.27. The molecule has 2 nitrogen and oxygen atoms in total. The maximum atomic E-state index is 6.53. The molecule has 1 aliphatic heterocycles. The van der Waals surface area contributed by atoms with Crippen molar-refractivity contribution < 1.29 is 4.74 Å².